The second-order valence-corrected chi connectivity index (χ2v) is 7.05. The summed E-state index contributed by atoms with van der Waals surface area (Å²) in [5, 5.41) is 7.52. The van der Waals surface area contributed by atoms with Gasteiger partial charge in [-0.1, -0.05) is 19.1 Å². The van der Waals surface area contributed by atoms with Crippen LogP contribution in [0.2, 0.25) is 0 Å². The lowest BCUT2D eigenvalue weighted by Gasteiger charge is -2.12. The first kappa shape index (κ1) is 18.0. The van der Waals surface area contributed by atoms with Crippen LogP contribution in [0.5, 0.6) is 5.75 Å². The average Bonchev–Trinajstić information content (AvgIpc) is 3.25. The van der Waals surface area contributed by atoms with Gasteiger partial charge in [-0.15, -0.1) is 0 Å². The van der Waals surface area contributed by atoms with Crippen LogP contribution in [0.25, 0.3) is 16.9 Å². The topological polar surface area (TPSA) is 77.2 Å². The van der Waals surface area contributed by atoms with E-state index in [0.29, 0.717) is 12.2 Å². The Morgan fingerprint density at radius 1 is 1.21 bits per heavy atom. The normalized spacial score (nSPS) is 12.4. The lowest BCUT2D eigenvalue weighted by atomic mass is 10.1. The number of aromatic amines is 1. The van der Waals surface area contributed by atoms with E-state index in [2.05, 4.69) is 17.1 Å². The first-order valence-corrected chi connectivity index (χ1v) is 9.23. The number of rotatable bonds is 5. The van der Waals surface area contributed by atoms with Crippen molar-refractivity contribution in [3.05, 3.63) is 69.9 Å². The number of aromatic nitrogens is 5. The molecule has 1 N–H and O–H groups in total. The van der Waals surface area contributed by atoms with Gasteiger partial charge in [-0.3, -0.25) is 14.6 Å². The molecule has 7 heteroatoms. The number of hydrogen-bond acceptors (Lipinski definition) is 4. The molecular weight excluding hydrogens is 354 g/mol. The molecule has 0 saturated carbocycles. The number of nitrogens with zero attached hydrogens (tertiary/aromatic N) is 4. The number of benzene rings is 1. The van der Waals surface area contributed by atoms with Crippen molar-refractivity contribution in [1.29, 1.82) is 0 Å². The van der Waals surface area contributed by atoms with E-state index in [1.807, 2.05) is 48.9 Å². The Morgan fingerprint density at radius 2 is 2.00 bits per heavy atom. The van der Waals surface area contributed by atoms with Gasteiger partial charge < -0.3 is 4.74 Å². The number of aryl methyl sites for hydroxylation is 2. The maximum Gasteiger partial charge on any atom is 0.272 e. The lowest BCUT2D eigenvalue weighted by Crippen LogP contribution is -2.18. The van der Waals surface area contributed by atoms with E-state index in [-0.39, 0.29) is 11.5 Å². The van der Waals surface area contributed by atoms with E-state index in [9.17, 15) is 4.79 Å². The second kappa shape index (κ2) is 6.99. The molecule has 7 nitrogen and oxygen atoms in total. The number of hydrogen-bond donors (Lipinski definition) is 1. The quantitative estimate of drug-likeness (QED) is 0.579. The number of fused-ring (bicyclic) bond motifs is 1. The summed E-state index contributed by atoms with van der Waals surface area (Å²) < 4.78 is 8.90. The zero-order chi connectivity index (χ0) is 19.8. The van der Waals surface area contributed by atoms with Crippen molar-refractivity contribution in [2.75, 3.05) is 7.11 Å². The third-order valence-corrected chi connectivity index (χ3v) is 5.13. The third kappa shape index (κ3) is 2.98. The van der Waals surface area contributed by atoms with Crippen LogP contribution < -0.4 is 10.3 Å². The van der Waals surface area contributed by atoms with Gasteiger partial charge in [-0.25, -0.2) is 9.50 Å². The Hall–Kier alpha value is -3.35. The van der Waals surface area contributed by atoms with Crippen LogP contribution >= 0.6 is 0 Å². The number of methoxy groups -OCH3 is 1. The Bertz CT molecular complexity index is 1200. The van der Waals surface area contributed by atoms with Crippen LogP contribution in [0.4, 0.5) is 0 Å². The SMILES string of the molecule is COc1ccccc1-c1[nH]n2c(=O)cc(C(C)Cn3nccc3C)nc2c1C. The van der Waals surface area contributed by atoms with Crippen LogP contribution in [-0.2, 0) is 6.54 Å². The van der Waals surface area contributed by atoms with Crippen molar-refractivity contribution in [1.82, 2.24) is 24.4 Å². The van der Waals surface area contributed by atoms with Gasteiger partial charge in [0.05, 0.1) is 18.5 Å². The highest BCUT2D eigenvalue weighted by Crippen LogP contribution is 2.32. The second-order valence-electron chi connectivity index (χ2n) is 7.05. The molecule has 4 aromatic rings. The molecule has 0 bridgehead atoms. The first-order chi connectivity index (χ1) is 13.5. The van der Waals surface area contributed by atoms with E-state index in [1.165, 1.54) is 4.52 Å². The van der Waals surface area contributed by atoms with Gasteiger partial charge in [0.1, 0.15) is 5.75 Å². The molecule has 4 rings (SSSR count). The van der Waals surface area contributed by atoms with Gasteiger partial charge in [0.25, 0.3) is 5.56 Å². The molecular formula is C21H23N5O2. The van der Waals surface area contributed by atoms with Crippen molar-refractivity contribution >= 4 is 5.65 Å². The standard InChI is InChI=1S/C21H23N5O2/c1-13(12-25-14(2)9-10-22-25)17-11-19(27)26-21(23-17)15(3)20(24-26)16-7-5-6-8-18(16)28-4/h5-11,13,24H,12H2,1-4H3. The largest absolute Gasteiger partial charge is 0.496 e. The first-order valence-electron chi connectivity index (χ1n) is 9.23. The van der Waals surface area contributed by atoms with Crippen molar-refractivity contribution in [2.45, 2.75) is 33.2 Å². The molecule has 0 aliphatic heterocycles. The van der Waals surface area contributed by atoms with E-state index < -0.39 is 0 Å². The lowest BCUT2D eigenvalue weighted by molar-refractivity contribution is 0.416. The highest BCUT2D eigenvalue weighted by atomic mass is 16.5. The summed E-state index contributed by atoms with van der Waals surface area (Å²) in [4.78, 5) is 17.6. The average molecular weight is 377 g/mol. The Kier molecular flexibility index (Phi) is 4.50. The van der Waals surface area contributed by atoms with E-state index in [0.717, 1.165) is 34.0 Å². The fourth-order valence-electron chi connectivity index (χ4n) is 3.48. The maximum atomic E-state index is 12.8. The monoisotopic (exact) mass is 377 g/mol. The molecule has 0 aliphatic rings. The third-order valence-electron chi connectivity index (χ3n) is 5.13. The Balaban J connectivity index is 1.80. The van der Waals surface area contributed by atoms with Crippen molar-refractivity contribution in [3.63, 3.8) is 0 Å². The maximum absolute atomic E-state index is 12.8. The van der Waals surface area contributed by atoms with Crippen LogP contribution in [0.3, 0.4) is 0 Å². The minimum Gasteiger partial charge on any atom is -0.496 e. The molecule has 144 valence electrons. The van der Waals surface area contributed by atoms with Crippen LogP contribution in [0.1, 0.15) is 29.8 Å². The minimum absolute atomic E-state index is 0.0558. The molecule has 0 radical (unpaired) electrons. The molecule has 0 spiro atoms. The van der Waals surface area contributed by atoms with E-state index in [4.69, 9.17) is 9.72 Å². The molecule has 1 atom stereocenters. The van der Waals surface area contributed by atoms with Crippen molar-refractivity contribution in [3.8, 4) is 17.0 Å². The molecule has 0 saturated heterocycles. The van der Waals surface area contributed by atoms with E-state index in [1.54, 1.807) is 19.4 Å². The molecule has 0 amide bonds. The minimum atomic E-state index is -0.131. The zero-order valence-electron chi connectivity index (χ0n) is 16.4. The van der Waals surface area contributed by atoms with Crippen molar-refractivity contribution in [2.24, 2.45) is 0 Å². The van der Waals surface area contributed by atoms with Gasteiger partial charge in [0.2, 0.25) is 0 Å². The number of nitrogens with one attached hydrogen (secondary N) is 1. The highest BCUT2D eigenvalue weighted by Gasteiger charge is 2.18. The number of para-hydroxylation sites is 1. The van der Waals surface area contributed by atoms with E-state index >= 15 is 0 Å². The Labute approximate surface area is 162 Å². The van der Waals surface area contributed by atoms with Gasteiger partial charge in [-0.05, 0) is 32.0 Å². The fourth-order valence-corrected chi connectivity index (χ4v) is 3.48. The van der Waals surface area contributed by atoms with Gasteiger partial charge in [0.15, 0.2) is 5.65 Å². The number of ether oxygens (including phenoxy) is 1. The summed E-state index contributed by atoms with van der Waals surface area (Å²) in [6, 6.07) is 11.3. The molecule has 3 heterocycles. The van der Waals surface area contributed by atoms with Gasteiger partial charge >= 0.3 is 0 Å². The molecule has 0 fully saturated rings. The highest BCUT2D eigenvalue weighted by molar-refractivity contribution is 5.74. The van der Waals surface area contributed by atoms with Gasteiger partial charge in [-0.2, -0.15) is 5.10 Å². The molecule has 28 heavy (non-hydrogen) atoms. The summed E-state index contributed by atoms with van der Waals surface area (Å²) in [6.45, 7) is 6.71. The smallest absolute Gasteiger partial charge is 0.272 e. The molecule has 1 unspecified atom stereocenters. The molecule has 0 aliphatic carbocycles. The predicted molar refractivity (Wildman–Crippen MR) is 108 cm³/mol. The van der Waals surface area contributed by atoms with Crippen LogP contribution in [-0.4, -0.2) is 31.5 Å². The van der Waals surface area contributed by atoms with Gasteiger partial charge in [0, 0.05) is 41.5 Å². The van der Waals surface area contributed by atoms with Crippen LogP contribution in [0.15, 0.2) is 47.4 Å². The summed E-state index contributed by atoms with van der Waals surface area (Å²) in [5.41, 5.74) is 4.98. The number of H-pyrrole nitrogens is 1. The fraction of sp³-hybridized carbons (Fsp3) is 0.286. The summed E-state index contributed by atoms with van der Waals surface area (Å²) in [6.07, 6.45) is 1.78. The van der Waals surface area contributed by atoms with Crippen molar-refractivity contribution < 1.29 is 4.74 Å². The summed E-state index contributed by atoms with van der Waals surface area (Å²) in [5.74, 6) is 0.799. The predicted octanol–water partition coefficient (Wildman–Crippen LogP) is 3.32. The summed E-state index contributed by atoms with van der Waals surface area (Å²) in [7, 11) is 1.64. The molecule has 3 aromatic heterocycles. The molecule has 1 aromatic carbocycles. The zero-order valence-corrected chi connectivity index (χ0v) is 16.4. The Morgan fingerprint density at radius 3 is 2.71 bits per heavy atom. The van der Waals surface area contributed by atoms with Crippen LogP contribution in [0, 0.1) is 13.8 Å². The summed E-state index contributed by atoms with van der Waals surface area (Å²) >= 11 is 0.